The predicted molar refractivity (Wildman–Crippen MR) is 332 cm³/mol. The Morgan fingerprint density at radius 2 is 1.04 bits per heavy atom. The quantitative estimate of drug-likeness (QED) is 0.0570. The molecular weight excluding hydrogens is 1260 g/mol. The number of carbonyl (C=O) groups excluding carboxylic acids is 2. The predicted octanol–water partition coefficient (Wildman–Crippen LogP) is 2.57. The van der Waals surface area contributed by atoms with Crippen molar-refractivity contribution in [1.29, 1.82) is 0 Å². The van der Waals surface area contributed by atoms with Gasteiger partial charge < -0.3 is 126 Å². The summed E-state index contributed by atoms with van der Waals surface area (Å²) in [6.07, 6.45) is -19.5. The Balaban J connectivity index is 0.683. The van der Waals surface area contributed by atoms with E-state index >= 15 is 0 Å². The monoisotopic (exact) mass is 1380 g/mol. The van der Waals surface area contributed by atoms with Crippen LogP contribution in [0.3, 0.4) is 0 Å². The highest BCUT2D eigenvalue weighted by Gasteiger charge is 2.77. The lowest BCUT2D eigenvalue weighted by atomic mass is 9.42. The molecule has 10 fully saturated rings. The van der Waals surface area contributed by atoms with Crippen LogP contribution in [0.25, 0.3) is 0 Å². The first-order chi connectivity index (χ1) is 45.4. The van der Waals surface area contributed by atoms with Gasteiger partial charge >= 0.3 is 11.9 Å². The van der Waals surface area contributed by atoms with Gasteiger partial charge in [0.05, 0.1) is 84.6 Å². The van der Waals surface area contributed by atoms with E-state index < -0.39 is 207 Å². The number of aliphatic hydroxyl groups excluding tert-OH is 6. The first kappa shape index (κ1) is 76.6. The number of methoxy groups -OCH3 is 4. The Kier molecular flexibility index (Phi) is 24.8. The summed E-state index contributed by atoms with van der Waals surface area (Å²) in [6, 6.07) is 0. The number of fused-ring (bicyclic) bond motifs is 5. The molecule has 0 aromatic carbocycles. The van der Waals surface area contributed by atoms with Crippen LogP contribution >= 0.6 is 0 Å². The van der Waals surface area contributed by atoms with Crippen LogP contribution in [0.15, 0.2) is 0 Å². The van der Waals surface area contributed by atoms with E-state index in [0.29, 0.717) is 19.3 Å². The van der Waals surface area contributed by atoms with Crippen molar-refractivity contribution in [1.82, 2.24) is 0 Å². The Morgan fingerprint density at radius 3 is 1.56 bits per heavy atom. The molecular formula is C68H114O28. The molecule has 10 aliphatic rings. The van der Waals surface area contributed by atoms with E-state index in [4.69, 9.17) is 85.3 Å². The maximum absolute atomic E-state index is 13.1. The third-order valence-corrected chi connectivity index (χ3v) is 24.5. The van der Waals surface area contributed by atoms with E-state index in [-0.39, 0.29) is 73.7 Å². The molecule has 6 heterocycles. The summed E-state index contributed by atoms with van der Waals surface area (Å²) < 4.78 is 112. The Morgan fingerprint density at radius 1 is 0.531 bits per heavy atom. The van der Waals surface area contributed by atoms with E-state index in [2.05, 4.69) is 6.92 Å². The largest absolute Gasteiger partial charge is 0.462 e. The smallest absolute Gasteiger partial charge is 0.309 e. The highest BCUT2D eigenvalue weighted by Crippen LogP contribution is 2.71. The van der Waals surface area contributed by atoms with Gasteiger partial charge in [0, 0.05) is 61.0 Å². The van der Waals surface area contributed by atoms with Crippen molar-refractivity contribution in [2.24, 2.45) is 34.5 Å². The van der Waals surface area contributed by atoms with Gasteiger partial charge in [-0.25, -0.2) is 0 Å². The van der Waals surface area contributed by atoms with Crippen molar-refractivity contribution in [2.45, 2.75) is 349 Å². The number of rotatable bonds is 22. The van der Waals surface area contributed by atoms with Gasteiger partial charge in [-0.2, -0.15) is 0 Å². The summed E-state index contributed by atoms with van der Waals surface area (Å²) in [5.41, 5.74) is -4.57. The summed E-state index contributed by atoms with van der Waals surface area (Å²) in [7, 11) is 6.08. The zero-order valence-electron chi connectivity index (χ0n) is 58.7. The molecule has 0 aromatic heterocycles. The molecule has 0 bridgehead atoms. The topological polar surface area (TPSA) is 362 Å². The molecule has 4 saturated carbocycles. The van der Waals surface area contributed by atoms with Gasteiger partial charge in [-0.1, -0.05) is 27.7 Å². The molecule has 554 valence electrons. The van der Waals surface area contributed by atoms with Crippen molar-refractivity contribution in [3.8, 4) is 0 Å². The molecule has 0 radical (unpaired) electrons. The molecule has 10 rings (SSSR count). The Hall–Kier alpha value is -2.02. The lowest BCUT2D eigenvalue weighted by Gasteiger charge is -2.66. The van der Waals surface area contributed by atoms with Gasteiger partial charge in [-0.05, 0) is 122 Å². The SMILES string of the molecule is CCC(C)C(=O)OC(C)C1(O)CCC2(O)C3CCC4CC(OC5CC(O)C(OC6CC(OC)C(OC7CC(OC)C(OC8CC(OC)C(OC9OC(C)C(OC%10OC(CO)C(O)C(O)C%10O)C(OC)C9O)C(C)O8)C(C)O7)C(C)O6)C(C)O5)CCC4(C)C3CC(OC(C)=O)C12C. The third-order valence-electron chi connectivity index (χ3n) is 24.5. The fraction of sp³-hybridized carbons (Fsp3) is 0.971. The van der Waals surface area contributed by atoms with Gasteiger partial charge in [-0.15, -0.1) is 0 Å². The zero-order chi connectivity index (χ0) is 69.8. The van der Waals surface area contributed by atoms with Crippen LogP contribution in [0.1, 0.15) is 160 Å². The van der Waals surface area contributed by atoms with Crippen molar-refractivity contribution in [3.63, 3.8) is 0 Å². The van der Waals surface area contributed by atoms with E-state index in [1.54, 1.807) is 41.9 Å². The van der Waals surface area contributed by atoms with Crippen LogP contribution in [0.4, 0.5) is 0 Å². The summed E-state index contributed by atoms with van der Waals surface area (Å²) >= 11 is 0. The van der Waals surface area contributed by atoms with Gasteiger partial charge in [0.2, 0.25) is 0 Å². The number of hydrogen-bond donors (Lipinski definition) is 8. The van der Waals surface area contributed by atoms with Crippen molar-refractivity contribution < 1.29 is 136 Å². The molecule has 0 amide bonds. The summed E-state index contributed by atoms with van der Waals surface area (Å²) in [4.78, 5) is 25.9. The van der Waals surface area contributed by atoms with E-state index in [1.807, 2.05) is 34.6 Å². The summed E-state index contributed by atoms with van der Waals surface area (Å²) in [5, 5.41) is 90.1. The van der Waals surface area contributed by atoms with Gasteiger partial charge in [0.25, 0.3) is 0 Å². The van der Waals surface area contributed by atoms with E-state index in [9.17, 15) is 50.4 Å². The average Bonchev–Trinajstić information content (AvgIpc) is 1.40. The van der Waals surface area contributed by atoms with Crippen LogP contribution in [-0.2, 0) is 94.9 Å². The van der Waals surface area contributed by atoms with Crippen LogP contribution in [0, 0.1) is 34.5 Å². The molecule has 8 N–H and O–H groups in total. The Labute approximate surface area is 564 Å². The number of hydrogen-bond acceptors (Lipinski definition) is 28. The molecule has 96 heavy (non-hydrogen) atoms. The van der Waals surface area contributed by atoms with Crippen molar-refractivity contribution >= 4 is 11.9 Å². The molecule has 28 heteroatoms. The molecule has 6 aliphatic heterocycles. The second-order valence-corrected chi connectivity index (χ2v) is 29.8. The molecule has 37 atom stereocenters. The average molecular weight is 1380 g/mol. The van der Waals surface area contributed by atoms with Crippen LogP contribution in [0.2, 0.25) is 0 Å². The third kappa shape index (κ3) is 14.6. The molecule has 28 nitrogen and oxygen atoms in total. The number of ether oxygens (including phenoxy) is 18. The molecule has 0 spiro atoms. The minimum Gasteiger partial charge on any atom is -0.462 e. The Bertz CT molecular complexity index is 2530. The molecule has 37 unspecified atom stereocenters. The second-order valence-electron chi connectivity index (χ2n) is 29.8. The summed E-state index contributed by atoms with van der Waals surface area (Å²) in [5.74, 6) is -1.24. The van der Waals surface area contributed by atoms with Crippen LogP contribution in [-0.4, -0.2) is 277 Å². The van der Waals surface area contributed by atoms with E-state index in [1.165, 1.54) is 21.1 Å². The minimum absolute atomic E-state index is 0.0194. The normalized spacial score (nSPS) is 51.3. The lowest BCUT2D eigenvalue weighted by molar-refractivity contribution is -0.374. The number of aliphatic hydroxyl groups is 8. The summed E-state index contributed by atoms with van der Waals surface area (Å²) in [6.45, 7) is 19.3. The molecule has 6 saturated heterocycles. The zero-order valence-corrected chi connectivity index (χ0v) is 58.7. The van der Waals surface area contributed by atoms with Gasteiger partial charge in [0.15, 0.2) is 37.7 Å². The first-order valence-corrected chi connectivity index (χ1v) is 35.2. The first-order valence-electron chi connectivity index (χ1n) is 35.2. The maximum atomic E-state index is 13.1. The fourth-order valence-electron chi connectivity index (χ4n) is 18.5. The number of esters is 2. The minimum atomic E-state index is -1.68. The van der Waals surface area contributed by atoms with Crippen molar-refractivity contribution in [2.75, 3.05) is 35.0 Å². The molecule has 4 aliphatic carbocycles. The highest BCUT2D eigenvalue weighted by molar-refractivity contribution is 5.72. The number of carbonyl (C=O) groups is 2. The van der Waals surface area contributed by atoms with E-state index in [0.717, 1.165) is 25.7 Å². The van der Waals surface area contributed by atoms with Crippen molar-refractivity contribution in [3.05, 3.63) is 0 Å². The highest BCUT2D eigenvalue weighted by atomic mass is 16.8. The van der Waals surface area contributed by atoms with Crippen LogP contribution < -0.4 is 0 Å². The fourth-order valence-corrected chi connectivity index (χ4v) is 18.5. The van der Waals surface area contributed by atoms with Gasteiger partial charge in [-0.3, -0.25) is 9.59 Å². The van der Waals surface area contributed by atoms with Crippen LogP contribution in [0.5, 0.6) is 0 Å². The lowest BCUT2D eigenvalue weighted by Crippen LogP contribution is -2.72. The maximum Gasteiger partial charge on any atom is 0.309 e. The second kappa shape index (κ2) is 31.1. The standard InChI is InChI=1S/C68H114O28/c1-16-30(2)62(76)88-36(8)67(77)21-22-68(78)40-18-17-38-23-39(19-20-65(38,10)41(40)24-47(66(67,68)11)89-37(9)70)90-48-25-42(71)56(31(3)83-48)92-49-26-43(79-12)57(32(4)84-49)93-50-27-44(80-13)58(33(5)85-50)94-51-28-45(81-14)59(34(6)86-51)95-64-55(75)61(82-15)60(35(7)87-64)96-63-54(74)53(73)52(72)46(29-69)91-63/h30-36,38-61,63-64,69,71-75,77-78H,16-29H2,1-15H3. The van der Waals surface area contributed by atoms with Gasteiger partial charge in [0.1, 0.15) is 85.0 Å². The molecule has 0 aromatic rings.